The van der Waals surface area contributed by atoms with Crippen molar-refractivity contribution in [3.8, 4) is 0 Å². The van der Waals surface area contributed by atoms with E-state index in [2.05, 4.69) is 36.8 Å². The molecule has 0 aromatic heterocycles. The molecule has 0 aromatic carbocycles. The lowest BCUT2D eigenvalue weighted by Gasteiger charge is -2.60. The SMILES string of the molecule is CN1CCN(C2CC[C@@]3(C)[C@H](CC[C@H]4C5=CC[C@H](C6=CC(=O)OC6)[C@@]5(C)CC[C@@H]43)C2)CC1. The van der Waals surface area contributed by atoms with Crippen LogP contribution in [-0.4, -0.2) is 61.6 Å². The Bertz CT molecular complexity index is 840. The smallest absolute Gasteiger partial charge is 0.331 e. The number of nitrogens with zero attached hydrogens (tertiary/aromatic N) is 2. The van der Waals surface area contributed by atoms with Gasteiger partial charge in [-0.2, -0.15) is 0 Å². The van der Waals surface area contributed by atoms with Crippen molar-refractivity contribution in [3.63, 3.8) is 0 Å². The Kier molecular flexibility index (Phi) is 5.15. The Morgan fingerprint density at radius 3 is 2.59 bits per heavy atom. The zero-order valence-electron chi connectivity index (χ0n) is 20.4. The third-order valence-electron chi connectivity index (χ3n) is 11.2. The molecule has 0 bridgehead atoms. The van der Waals surface area contributed by atoms with Crippen molar-refractivity contribution in [1.29, 1.82) is 0 Å². The van der Waals surface area contributed by atoms with Crippen LogP contribution in [0, 0.1) is 34.5 Å². The average Bonchev–Trinajstić information content (AvgIpc) is 3.36. The highest BCUT2D eigenvalue weighted by atomic mass is 16.5. The summed E-state index contributed by atoms with van der Waals surface area (Å²) in [5.41, 5.74) is 3.80. The van der Waals surface area contributed by atoms with Gasteiger partial charge in [-0.1, -0.05) is 25.5 Å². The van der Waals surface area contributed by atoms with Crippen LogP contribution >= 0.6 is 0 Å². The van der Waals surface area contributed by atoms with Crippen LogP contribution in [-0.2, 0) is 9.53 Å². The van der Waals surface area contributed by atoms with Gasteiger partial charge >= 0.3 is 5.97 Å². The Morgan fingerprint density at radius 2 is 1.84 bits per heavy atom. The van der Waals surface area contributed by atoms with Crippen LogP contribution in [0.4, 0.5) is 0 Å². The number of carbonyl (C=O) groups is 1. The lowest BCUT2D eigenvalue weighted by Crippen LogP contribution is -2.56. The molecule has 0 aromatic rings. The number of carbonyl (C=O) groups excluding carboxylic acids is 1. The summed E-state index contributed by atoms with van der Waals surface area (Å²) in [6.07, 6.45) is 15.3. The molecule has 0 N–H and O–H groups in total. The van der Waals surface area contributed by atoms with Gasteiger partial charge in [-0.15, -0.1) is 0 Å². The molecule has 4 nitrogen and oxygen atoms in total. The molecule has 1 unspecified atom stereocenters. The van der Waals surface area contributed by atoms with Crippen LogP contribution in [0.3, 0.4) is 0 Å². The van der Waals surface area contributed by atoms with Crippen molar-refractivity contribution in [2.45, 2.75) is 71.3 Å². The minimum atomic E-state index is -0.129. The molecule has 4 fully saturated rings. The number of hydrogen-bond acceptors (Lipinski definition) is 4. The lowest BCUT2D eigenvalue weighted by atomic mass is 9.45. The first kappa shape index (κ1) is 21.4. The highest BCUT2D eigenvalue weighted by molar-refractivity contribution is 5.85. The Balaban J connectivity index is 1.18. The van der Waals surface area contributed by atoms with E-state index in [9.17, 15) is 4.79 Å². The van der Waals surface area contributed by atoms with E-state index in [1.165, 1.54) is 76.7 Å². The first-order chi connectivity index (χ1) is 15.4. The Morgan fingerprint density at radius 1 is 1.03 bits per heavy atom. The fraction of sp³-hybridized carbons (Fsp3) is 0.821. The highest BCUT2D eigenvalue weighted by Crippen LogP contribution is 2.66. The van der Waals surface area contributed by atoms with Crippen molar-refractivity contribution in [3.05, 3.63) is 23.3 Å². The van der Waals surface area contributed by atoms with Gasteiger partial charge in [-0.05, 0) is 98.5 Å². The van der Waals surface area contributed by atoms with Gasteiger partial charge in [0.25, 0.3) is 0 Å². The van der Waals surface area contributed by atoms with E-state index in [-0.39, 0.29) is 11.4 Å². The molecule has 6 aliphatic rings. The maximum Gasteiger partial charge on any atom is 0.331 e. The van der Waals surface area contributed by atoms with E-state index in [0.29, 0.717) is 17.9 Å². The van der Waals surface area contributed by atoms with Crippen molar-refractivity contribution in [1.82, 2.24) is 9.80 Å². The van der Waals surface area contributed by atoms with E-state index >= 15 is 0 Å². The zero-order chi connectivity index (χ0) is 22.1. The summed E-state index contributed by atoms with van der Waals surface area (Å²) in [5, 5.41) is 0. The molecule has 1 saturated heterocycles. The van der Waals surface area contributed by atoms with Crippen molar-refractivity contribution < 1.29 is 9.53 Å². The number of hydrogen-bond donors (Lipinski definition) is 0. The summed E-state index contributed by atoms with van der Waals surface area (Å²) in [7, 11) is 2.27. The molecule has 2 heterocycles. The first-order valence-corrected chi connectivity index (χ1v) is 13.4. The third-order valence-corrected chi connectivity index (χ3v) is 11.2. The van der Waals surface area contributed by atoms with Crippen molar-refractivity contribution in [2.24, 2.45) is 34.5 Å². The van der Waals surface area contributed by atoms with Crippen molar-refractivity contribution in [2.75, 3.05) is 39.8 Å². The van der Waals surface area contributed by atoms with Gasteiger partial charge < -0.3 is 9.64 Å². The van der Waals surface area contributed by atoms with Gasteiger partial charge in [0.1, 0.15) is 6.61 Å². The molecule has 6 rings (SSSR count). The van der Waals surface area contributed by atoms with Crippen molar-refractivity contribution >= 4 is 5.97 Å². The van der Waals surface area contributed by atoms with E-state index in [1.54, 1.807) is 11.6 Å². The summed E-state index contributed by atoms with van der Waals surface area (Å²) >= 11 is 0. The molecular formula is C28H42N2O2. The zero-order valence-corrected chi connectivity index (χ0v) is 20.4. The number of esters is 1. The van der Waals surface area contributed by atoms with Crippen LogP contribution in [0.1, 0.15) is 65.2 Å². The molecule has 2 aliphatic heterocycles. The molecule has 32 heavy (non-hydrogen) atoms. The quantitative estimate of drug-likeness (QED) is 0.464. The molecule has 4 aliphatic carbocycles. The van der Waals surface area contributed by atoms with Gasteiger partial charge in [-0.25, -0.2) is 4.79 Å². The molecule has 7 atom stereocenters. The second-order valence-electron chi connectivity index (χ2n) is 12.5. The average molecular weight is 439 g/mol. The second-order valence-corrected chi connectivity index (χ2v) is 12.5. The molecule has 176 valence electrons. The molecular weight excluding hydrogens is 396 g/mol. The monoisotopic (exact) mass is 438 g/mol. The topological polar surface area (TPSA) is 32.8 Å². The molecule has 4 heteroatoms. The lowest BCUT2D eigenvalue weighted by molar-refractivity contribution is -0.135. The number of allylic oxidation sites excluding steroid dienone is 2. The van der Waals surface area contributed by atoms with E-state index in [0.717, 1.165) is 30.2 Å². The molecule has 0 spiro atoms. The molecule has 3 saturated carbocycles. The maximum absolute atomic E-state index is 11.7. The van der Waals surface area contributed by atoms with Crippen LogP contribution in [0.25, 0.3) is 0 Å². The van der Waals surface area contributed by atoms with Crippen LogP contribution < -0.4 is 0 Å². The van der Waals surface area contributed by atoms with Crippen LogP contribution in [0.2, 0.25) is 0 Å². The van der Waals surface area contributed by atoms with Gasteiger partial charge in [0, 0.05) is 38.3 Å². The van der Waals surface area contributed by atoms with E-state index < -0.39 is 0 Å². The van der Waals surface area contributed by atoms with E-state index in [4.69, 9.17) is 4.74 Å². The first-order valence-electron chi connectivity index (χ1n) is 13.4. The molecule has 0 amide bonds. The largest absolute Gasteiger partial charge is 0.458 e. The number of rotatable bonds is 2. The number of ether oxygens (including phenoxy) is 1. The fourth-order valence-electron chi connectivity index (χ4n) is 9.24. The minimum absolute atomic E-state index is 0.129. The van der Waals surface area contributed by atoms with E-state index in [1.807, 2.05) is 0 Å². The van der Waals surface area contributed by atoms with Crippen LogP contribution in [0.5, 0.6) is 0 Å². The number of likely N-dealkylation sites (N-methyl/N-ethyl adjacent to an activating group) is 1. The number of piperazine rings is 1. The molecule has 0 radical (unpaired) electrons. The Labute approximate surface area is 194 Å². The van der Waals surface area contributed by atoms with Gasteiger partial charge in [0.15, 0.2) is 0 Å². The number of fused-ring (bicyclic) bond motifs is 5. The standard InChI is InChI=1S/C28H42N2O2/c1-27-10-8-21(30-14-12-29(3)13-15-30)17-20(27)4-5-22-24-7-6-23(19-16-26(31)32-18-19)28(24,2)11-9-25(22)27/h7,16,20-23,25H,4-6,8-15,17-18H2,1-3H3/t20-,21?,22+,23-,25+,27+,28-/m1/s1. The summed E-state index contributed by atoms with van der Waals surface area (Å²) in [6.45, 7) is 10.7. The van der Waals surface area contributed by atoms with Gasteiger partial charge in [0.2, 0.25) is 0 Å². The normalized spacial score (nSPS) is 47.2. The second kappa shape index (κ2) is 7.70. The predicted octanol–water partition coefficient (Wildman–Crippen LogP) is 4.66. The van der Waals surface area contributed by atoms with Gasteiger partial charge in [-0.3, -0.25) is 4.90 Å². The maximum atomic E-state index is 11.7. The van der Waals surface area contributed by atoms with Crippen LogP contribution in [0.15, 0.2) is 23.3 Å². The minimum Gasteiger partial charge on any atom is -0.458 e. The summed E-state index contributed by atoms with van der Waals surface area (Å²) in [6, 6.07) is 0.828. The summed E-state index contributed by atoms with van der Waals surface area (Å²) in [4.78, 5) is 17.0. The summed E-state index contributed by atoms with van der Waals surface area (Å²) in [5.74, 6) is 2.91. The third kappa shape index (κ3) is 3.19. The number of cyclic esters (lactones) is 1. The van der Waals surface area contributed by atoms with Gasteiger partial charge in [0.05, 0.1) is 0 Å². The highest BCUT2D eigenvalue weighted by Gasteiger charge is 2.58. The fourth-order valence-corrected chi connectivity index (χ4v) is 9.24. The Hall–Kier alpha value is -1.13. The predicted molar refractivity (Wildman–Crippen MR) is 127 cm³/mol. The summed E-state index contributed by atoms with van der Waals surface area (Å²) < 4.78 is 5.30.